The third-order valence-electron chi connectivity index (χ3n) is 6.68. The molecule has 1 saturated carbocycles. The SMILES string of the molecule is CC1=C[C@H]2C[C@H]1[C@@H]1C(=O)N(c3cccc(C(=O)OCC(=O)Nc4ccc(Br)cc4)c3)C(=O)[C@H]12. The van der Waals surface area contributed by atoms with Crippen molar-refractivity contribution in [2.45, 2.75) is 13.3 Å². The Hall–Kier alpha value is -3.26. The molecule has 4 atom stereocenters. The van der Waals surface area contributed by atoms with Gasteiger partial charge in [-0.05, 0) is 67.6 Å². The van der Waals surface area contributed by atoms with E-state index < -0.39 is 18.5 Å². The number of nitrogens with one attached hydrogen (secondary N) is 1. The van der Waals surface area contributed by atoms with E-state index in [9.17, 15) is 19.2 Å². The Morgan fingerprint density at radius 1 is 1.09 bits per heavy atom. The molecule has 1 heterocycles. The average molecular weight is 509 g/mol. The molecule has 1 saturated heterocycles. The maximum Gasteiger partial charge on any atom is 0.338 e. The maximum absolute atomic E-state index is 13.1. The van der Waals surface area contributed by atoms with Crippen LogP contribution in [0, 0.1) is 23.7 Å². The van der Waals surface area contributed by atoms with Crippen LogP contribution in [0.15, 0.2) is 64.7 Å². The zero-order chi connectivity index (χ0) is 23.3. The Morgan fingerprint density at radius 2 is 1.82 bits per heavy atom. The Balaban J connectivity index is 1.25. The predicted molar refractivity (Wildman–Crippen MR) is 124 cm³/mol. The molecule has 2 bridgehead atoms. The summed E-state index contributed by atoms with van der Waals surface area (Å²) in [6, 6.07) is 13.2. The maximum atomic E-state index is 13.1. The molecule has 7 nitrogen and oxygen atoms in total. The number of rotatable bonds is 5. The molecule has 2 aromatic rings. The lowest BCUT2D eigenvalue weighted by Gasteiger charge is -2.19. The summed E-state index contributed by atoms with van der Waals surface area (Å²) in [5, 5.41) is 2.64. The van der Waals surface area contributed by atoms with E-state index in [1.807, 2.05) is 6.92 Å². The van der Waals surface area contributed by atoms with Gasteiger partial charge in [0.15, 0.2) is 6.61 Å². The standard InChI is InChI=1S/C25H21BrN2O5/c1-13-9-15-11-19(13)22-21(15)23(30)28(24(22)31)18-4-2-3-14(10-18)25(32)33-12-20(29)27-17-7-5-16(26)6-8-17/h2-10,15,19,21-22H,11-12H2,1H3,(H,27,29)/t15-,19+,21-,22-/m0/s1. The number of amides is 3. The highest BCUT2D eigenvalue weighted by atomic mass is 79.9. The third-order valence-corrected chi connectivity index (χ3v) is 7.21. The van der Waals surface area contributed by atoms with Crippen LogP contribution in [0.1, 0.15) is 23.7 Å². The number of nitrogens with zero attached hydrogens (tertiary/aromatic N) is 1. The minimum absolute atomic E-state index is 0.110. The summed E-state index contributed by atoms with van der Waals surface area (Å²) < 4.78 is 6.01. The van der Waals surface area contributed by atoms with E-state index in [0.29, 0.717) is 11.4 Å². The van der Waals surface area contributed by atoms with Crippen LogP contribution in [0.25, 0.3) is 0 Å². The highest BCUT2D eigenvalue weighted by Crippen LogP contribution is 2.55. The molecular weight excluding hydrogens is 488 g/mol. The number of halogens is 1. The van der Waals surface area contributed by atoms with Crippen molar-refractivity contribution in [2.75, 3.05) is 16.8 Å². The Bertz CT molecular complexity index is 1210. The minimum Gasteiger partial charge on any atom is -0.452 e. The number of esters is 1. The zero-order valence-electron chi connectivity index (χ0n) is 17.8. The van der Waals surface area contributed by atoms with Crippen LogP contribution in [0.5, 0.6) is 0 Å². The molecule has 168 valence electrons. The van der Waals surface area contributed by atoms with Crippen molar-refractivity contribution >= 4 is 51.0 Å². The van der Waals surface area contributed by atoms with Crippen LogP contribution in [0.2, 0.25) is 0 Å². The first-order valence-corrected chi connectivity index (χ1v) is 11.5. The largest absolute Gasteiger partial charge is 0.452 e. The fourth-order valence-corrected chi connectivity index (χ4v) is 5.51. The van der Waals surface area contributed by atoms with E-state index in [4.69, 9.17) is 4.74 Å². The van der Waals surface area contributed by atoms with Gasteiger partial charge >= 0.3 is 5.97 Å². The van der Waals surface area contributed by atoms with Gasteiger partial charge in [0.2, 0.25) is 11.8 Å². The normalized spacial score (nSPS) is 25.2. The van der Waals surface area contributed by atoms with Gasteiger partial charge in [0.1, 0.15) is 0 Å². The molecule has 2 fully saturated rings. The van der Waals surface area contributed by atoms with Crippen LogP contribution in [-0.4, -0.2) is 30.3 Å². The fraction of sp³-hybridized carbons (Fsp3) is 0.280. The van der Waals surface area contributed by atoms with Crippen LogP contribution < -0.4 is 10.2 Å². The summed E-state index contributed by atoms with van der Waals surface area (Å²) in [6.07, 6.45) is 2.98. The van der Waals surface area contributed by atoms with E-state index in [-0.39, 0.29) is 41.0 Å². The first-order valence-electron chi connectivity index (χ1n) is 10.7. The Morgan fingerprint density at radius 3 is 2.58 bits per heavy atom. The average Bonchev–Trinajstić information content (AvgIpc) is 3.44. The van der Waals surface area contributed by atoms with Crippen LogP contribution in [0.4, 0.5) is 11.4 Å². The summed E-state index contributed by atoms with van der Waals surface area (Å²) in [5.41, 5.74) is 2.28. The molecule has 0 spiro atoms. The molecule has 3 amide bonds. The number of fused-ring (bicyclic) bond motifs is 5. The number of benzene rings is 2. The summed E-state index contributed by atoms with van der Waals surface area (Å²) in [6.45, 7) is 1.56. The zero-order valence-corrected chi connectivity index (χ0v) is 19.4. The molecule has 1 aliphatic heterocycles. The van der Waals surface area contributed by atoms with Gasteiger partial charge in [0.25, 0.3) is 5.91 Å². The highest BCUT2D eigenvalue weighted by molar-refractivity contribution is 9.10. The number of imide groups is 1. The minimum atomic E-state index is -0.709. The van der Waals surface area contributed by atoms with Crippen LogP contribution >= 0.6 is 15.9 Å². The lowest BCUT2D eigenvalue weighted by molar-refractivity contribution is -0.123. The smallest absolute Gasteiger partial charge is 0.338 e. The van der Waals surface area contributed by atoms with Crippen molar-refractivity contribution in [3.63, 3.8) is 0 Å². The molecule has 0 unspecified atom stereocenters. The van der Waals surface area contributed by atoms with Gasteiger partial charge < -0.3 is 10.1 Å². The van der Waals surface area contributed by atoms with Crippen LogP contribution in [-0.2, 0) is 19.1 Å². The Labute approximate surface area is 198 Å². The number of allylic oxidation sites excluding steroid dienone is 2. The van der Waals surface area contributed by atoms with Gasteiger partial charge in [-0.2, -0.15) is 0 Å². The van der Waals surface area contributed by atoms with Gasteiger partial charge in [-0.3, -0.25) is 14.4 Å². The van der Waals surface area contributed by atoms with E-state index >= 15 is 0 Å². The monoisotopic (exact) mass is 508 g/mol. The highest BCUT2D eigenvalue weighted by Gasteiger charge is 2.60. The quantitative estimate of drug-likeness (QED) is 0.375. The van der Waals surface area contributed by atoms with E-state index in [0.717, 1.165) is 10.9 Å². The molecule has 0 aromatic heterocycles. The molecule has 8 heteroatoms. The van der Waals surface area contributed by atoms with Gasteiger partial charge in [0.05, 0.1) is 23.1 Å². The summed E-state index contributed by atoms with van der Waals surface area (Å²) in [4.78, 5) is 52.0. The number of hydrogen-bond donors (Lipinski definition) is 1. The third kappa shape index (κ3) is 3.78. The van der Waals surface area contributed by atoms with Gasteiger partial charge in [-0.1, -0.05) is 33.6 Å². The number of hydrogen-bond acceptors (Lipinski definition) is 5. The number of carbonyl (C=O) groups is 4. The topological polar surface area (TPSA) is 92.8 Å². The second-order valence-corrected chi connectivity index (χ2v) is 9.58. The van der Waals surface area contributed by atoms with E-state index in [1.54, 1.807) is 36.4 Å². The molecule has 3 aliphatic rings. The number of ether oxygens (including phenoxy) is 1. The molecule has 2 aliphatic carbocycles. The molecular formula is C25H21BrN2O5. The van der Waals surface area contributed by atoms with Crippen molar-refractivity contribution in [1.29, 1.82) is 0 Å². The molecule has 5 rings (SSSR count). The van der Waals surface area contributed by atoms with Gasteiger partial charge in [-0.25, -0.2) is 9.69 Å². The van der Waals surface area contributed by atoms with E-state index in [1.165, 1.54) is 22.6 Å². The fourth-order valence-electron chi connectivity index (χ4n) is 5.25. The predicted octanol–water partition coefficient (Wildman–Crippen LogP) is 3.95. The summed E-state index contributed by atoms with van der Waals surface area (Å²) in [7, 11) is 0. The second-order valence-electron chi connectivity index (χ2n) is 8.66. The van der Waals surface area contributed by atoms with Crippen molar-refractivity contribution < 1.29 is 23.9 Å². The van der Waals surface area contributed by atoms with Crippen molar-refractivity contribution in [3.8, 4) is 0 Å². The van der Waals surface area contributed by atoms with Crippen molar-refractivity contribution in [2.24, 2.45) is 23.7 Å². The van der Waals surface area contributed by atoms with Crippen molar-refractivity contribution in [1.82, 2.24) is 0 Å². The molecule has 1 N–H and O–H groups in total. The summed E-state index contributed by atoms with van der Waals surface area (Å²) >= 11 is 3.32. The molecule has 0 radical (unpaired) electrons. The first-order chi connectivity index (χ1) is 15.8. The second kappa shape index (κ2) is 8.26. The van der Waals surface area contributed by atoms with E-state index in [2.05, 4.69) is 27.3 Å². The lowest BCUT2D eigenvalue weighted by Crippen LogP contribution is -2.33. The molecule has 2 aromatic carbocycles. The van der Waals surface area contributed by atoms with Gasteiger partial charge in [-0.15, -0.1) is 0 Å². The summed E-state index contributed by atoms with van der Waals surface area (Å²) in [5.74, 6) is -1.99. The number of carbonyl (C=O) groups excluding carboxylic acids is 4. The molecule has 33 heavy (non-hydrogen) atoms. The van der Waals surface area contributed by atoms with Gasteiger partial charge in [0, 0.05) is 10.2 Å². The Kier molecular flexibility index (Phi) is 5.40. The van der Waals surface area contributed by atoms with Crippen molar-refractivity contribution in [3.05, 3.63) is 70.2 Å². The van der Waals surface area contributed by atoms with Crippen LogP contribution in [0.3, 0.4) is 0 Å². The number of anilines is 2. The first kappa shape index (κ1) is 21.6. The lowest BCUT2D eigenvalue weighted by atomic mass is 9.82.